The van der Waals surface area contributed by atoms with Crippen molar-refractivity contribution in [2.45, 2.75) is 6.92 Å². The Balaban J connectivity index is 1.36. The third kappa shape index (κ3) is 4.50. The molecule has 0 saturated heterocycles. The molecule has 202 valence electrons. The summed E-state index contributed by atoms with van der Waals surface area (Å²) in [5.74, 6) is 0.584. The Hall–Kier alpha value is -5.74. The van der Waals surface area contributed by atoms with Gasteiger partial charge in [0.2, 0.25) is 0 Å². The molecule has 0 spiro atoms. The smallest absolute Gasteiger partial charge is 0.179 e. The molecule has 0 bridgehead atoms. The first-order chi connectivity index (χ1) is 21.2. The highest BCUT2D eigenvalue weighted by atomic mass is 14.9. The molecule has 0 saturated carbocycles. The van der Waals surface area contributed by atoms with E-state index in [4.69, 9.17) is 19.9 Å². The lowest BCUT2D eigenvalue weighted by Crippen LogP contribution is -1.98. The first kappa shape index (κ1) is 25.0. The number of pyridine rings is 2. The van der Waals surface area contributed by atoms with Crippen molar-refractivity contribution < 1.29 is 0 Å². The highest BCUT2D eigenvalue weighted by Gasteiger charge is 2.16. The van der Waals surface area contributed by atoms with Crippen LogP contribution in [-0.4, -0.2) is 19.9 Å². The minimum atomic E-state index is 0.584. The fourth-order valence-electron chi connectivity index (χ4n) is 5.88. The molecular formula is C39H26N4. The quantitative estimate of drug-likeness (QED) is 0.205. The van der Waals surface area contributed by atoms with Crippen molar-refractivity contribution in [2.75, 3.05) is 0 Å². The largest absolute Gasteiger partial charge is 0.251 e. The predicted octanol–water partition coefficient (Wildman–Crippen LogP) is 9.70. The molecule has 8 rings (SSSR count). The Kier molecular flexibility index (Phi) is 5.97. The average Bonchev–Trinajstić information content (AvgIpc) is 3.08. The van der Waals surface area contributed by atoms with E-state index < -0.39 is 0 Å². The lowest BCUT2D eigenvalue weighted by molar-refractivity contribution is 1.16. The third-order valence-electron chi connectivity index (χ3n) is 7.94. The van der Waals surface area contributed by atoms with Crippen LogP contribution in [0.2, 0.25) is 0 Å². The van der Waals surface area contributed by atoms with Gasteiger partial charge in [-0.2, -0.15) is 0 Å². The van der Waals surface area contributed by atoms with Crippen LogP contribution in [0.3, 0.4) is 0 Å². The molecule has 0 radical (unpaired) electrons. The number of fused-ring (bicyclic) bond motifs is 4. The molecule has 0 aliphatic carbocycles. The number of rotatable bonds is 4. The van der Waals surface area contributed by atoms with Crippen LogP contribution < -0.4 is 0 Å². The molecule has 3 aromatic heterocycles. The molecule has 0 N–H and O–H groups in total. The second-order valence-electron chi connectivity index (χ2n) is 10.8. The molecule has 0 aliphatic rings. The zero-order chi connectivity index (χ0) is 28.8. The van der Waals surface area contributed by atoms with Gasteiger partial charge in [-0.05, 0) is 47.0 Å². The standard InChI is InChI=1S/C39H26N4/c1-25-23-33(31-18-10-16-26-11-8-9-17-30(26)31)32-21-19-29-20-22-34(41-37(29)38(32)40-25)39-42-35(27-12-4-2-5-13-27)24-36(43-39)28-14-6-3-7-15-28/h2-24H,1H3. The maximum Gasteiger partial charge on any atom is 0.179 e. The number of aromatic nitrogens is 4. The highest BCUT2D eigenvalue weighted by molar-refractivity contribution is 6.11. The Bertz CT molecular complexity index is 2230. The first-order valence-electron chi connectivity index (χ1n) is 14.4. The summed E-state index contributed by atoms with van der Waals surface area (Å²) in [5, 5.41) is 4.54. The second-order valence-corrected chi connectivity index (χ2v) is 10.8. The van der Waals surface area contributed by atoms with Crippen molar-refractivity contribution in [1.29, 1.82) is 0 Å². The zero-order valence-electron chi connectivity index (χ0n) is 23.6. The molecule has 0 fully saturated rings. The van der Waals surface area contributed by atoms with Gasteiger partial charge in [-0.3, -0.25) is 4.98 Å². The van der Waals surface area contributed by atoms with Gasteiger partial charge in [-0.1, -0.05) is 121 Å². The van der Waals surface area contributed by atoms with Gasteiger partial charge < -0.3 is 0 Å². The lowest BCUT2D eigenvalue weighted by atomic mass is 9.94. The summed E-state index contributed by atoms with van der Waals surface area (Å²) in [4.78, 5) is 20.2. The first-order valence-corrected chi connectivity index (χ1v) is 14.4. The van der Waals surface area contributed by atoms with Gasteiger partial charge in [0, 0.05) is 27.6 Å². The van der Waals surface area contributed by atoms with Crippen LogP contribution in [-0.2, 0) is 0 Å². The second kappa shape index (κ2) is 10.3. The fourth-order valence-corrected chi connectivity index (χ4v) is 5.88. The molecule has 0 amide bonds. The molecule has 0 atom stereocenters. The summed E-state index contributed by atoms with van der Waals surface area (Å²) >= 11 is 0. The van der Waals surface area contributed by atoms with Gasteiger partial charge in [0.1, 0.15) is 5.69 Å². The van der Waals surface area contributed by atoms with Gasteiger partial charge in [0.15, 0.2) is 5.82 Å². The summed E-state index contributed by atoms with van der Waals surface area (Å²) in [6.45, 7) is 2.05. The lowest BCUT2D eigenvalue weighted by Gasteiger charge is -2.13. The zero-order valence-corrected chi connectivity index (χ0v) is 23.6. The number of benzene rings is 5. The normalized spacial score (nSPS) is 11.4. The summed E-state index contributed by atoms with van der Waals surface area (Å²) in [5.41, 5.74) is 9.51. The van der Waals surface area contributed by atoms with E-state index in [1.54, 1.807) is 0 Å². The Labute approximate surface area is 249 Å². The van der Waals surface area contributed by atoms with E-state index in [1.165, 1.54) is 16.3 Å². The molecule has 4 nitrogen and oxygen atoms in total. The van der Waals surface area contributed by atoms with Gasteiger partial charge >= 0.3 is 0 Å². The molecule has 8 aromatic rings. The van der Waals surface area contributed by atoms with Crippen LogP contribution in [0.25, 0.3) is 77.7 Å². The molecular weight excluding hydrogens is 524 g/mol. The van der Waals surface area contributed by atoms with Gasteiger partial charge in [0.05, 0.1) is 22.4 Å². The molecule has 0 unspecified atom stereocenters. The van der Waals surface area contributed by atoms with Gasteiger partial charge in [-0.15, -0.1) is 0 Å². The maximum absolute atomic E-state index is 5.19. The van der Waals surface area contributed by atoms with Gasteiger partial charge in [-0.25, -0.2) is 15.0 Å². The van der Waals surface area contributed by atoms with E-state index in [0.29, 0.717) is 11.5 Å². The van der Waals surface area contributed by atoms with Crippen molar-refractivity contribution in [2.24, 2.45) is 0 Å². The third-order valence-corrected chi connectivity index (χ3v) is 7.94. The van der Waals surface area contributed by atoms with Crippen LogP contribution in [0, 0.1) is 6.92 Å². The van der Waals surface area contributed by atoms with E-state index >= 15 is 0 Å². The number of aryl methyl sites for hydroxylation is 1. The maximum atomic E-state index is 5.19. The highest BCUT2D eigenvalue weighted by Crippen LogP contribution is 2.36. The number of nitrogens with zero attached hydrogens (tertiary/aromatic N) is 4. The Morgan fingerprint density at radius 3 is 1.79 bits per heavy atom. The van der Waals surface area contributed by atoms with Gasteiger partial charge in [0.25, 0.3) is 0 Å². The Morgan fingerprint density at radius 2 is 1.05 bits per heavy atom. The van der Waals surface area contributed by atoms with E-state index in [2.05, 4.69) is 97.9 Å². The molecule has 3 heterocycles. The van der Waals surface area contributed by atoms with E-state index in [9.17, 15) is 0 Å². The minimum absolute atomic E-state index is 0.584. The van der Waals surface area contributed by atoms with Crippen LogP contribution >= 0.6 is 0 Å². The van der Waals surface area contributed by atoms with Crippen molar-refractivity contribution in [1.82, 2.24) is 19.9 Å². The predicted molar refractivity (Wildman–Crippen MR) is 177 cm³/mol. The molecule has 0 aliphatic heterocycles. The van der Waals surface area contributed by atoms with Crippen molar-refractivity contribution in [3.8, 4) is 45.2 Å². The van der Waals surface area contributed by atoms with Crippen molar-refractivity contribution >= 4 is 32.6 Å². The van der Waals surface area contributed by atoms with Crippen molar-refractivity contribution in [3.05, 3.63) is 145 Å². The number of hydrogen-bond acceptors (Lipinski definition) is 4. The Morgan fingerprint density at radius 1 is 0.395 bits per heavy atom. The monoisotopic (exact) mass is 550 g/mol. The summed E-state index contributed by atoms with van der Waals surface area (Å²) in [6, 6.07) is 48.1. The van der Waals surface area contributed by atoms with Crippen LogP contribution in [0.15, 0.2) is 140 Å². The summed E-state index contributed by atoms with van der Waals surface area (Å²) in [7, 11) is 0. The van der Waals surface area contributed by atoms with Crippen LogP contribution in [0.5, 0.6) is 0 Å². The molecule has 4 heteroatoms. The fraction of sp³-hybridized carbons (Fsp3) is 0.0256. The summed E-state index contributed by atoms with van der Waals surface area (Å²) < 4.78 is 0. The molecule has 5 aromatic carbocycles. The number of hydrogen-bond donors (Lipinski definition) is 0. The van der Waals surface area contributed by atoms with E-state index in [-0.39, 0.29) is 0 Å². The van der Waals surface area contributed by atoms with E-state index in [0.717, 1.165) is 55.6 Å². The minimum Gasteiger partial charge on any atom is -0.251 e. The van der Waals surface area contributed by atoms with E-state index in [1.807, 2.05) is 48.5 Å². The van der Waals surface area contributed by atoms with Crippen LogP contribution in [0.4, 0.5) is 0 Å². The van der Waals surface area contributed by atoms with Crippen molar-refractivity contribution in [3.63, 3.8) is 0 Å². The molecule has 43 heavy (non-hydrogen) atoms. The summed E-state index contributed by atoms with van der Waals surface area (Å²) in [6.07, 6.45) is 0. The average molecular weight is 551 g/mol. The topological polar surface area (TPSA) is 51.6 Å². The van der Waals surface area contributed by atoms with Crippen LogP contribution in [0.1, 0.15) is 5.69 Å². The SMILES string of the molecule is Cc1cc(-c2cccc3ccccc23)c2ccc3ccc(-c4nc(-c5ccccc5)cc(-c5ccccc5)n4)nc3c2n1.